The van der Waals surface area contributed by atoms with Gasteiger partial charge in [-0.25, -0.2) is 9.97 Å². The summed E-state index contributed by atoms with van der Waals surface area (Å²) >= 11 is 0. The second-order valence-corrected chi connectivity index (χ2v) is 9.97. The molecule has 1 saturated heterocycles. The monoisotopic (exact) mass is 447 g/mol. The van der Waals surface area contributed by atoms with Crippen molar-refractivity contribution in [2.24, 2.45) is 5.92 Å². The summed E-state index contributed by atoms with van der Waals surface area (Å²) in [4.78, 5) is 12.1. The van der Waals surface area contributed by atoms with Crippen molar-refractivity contribution in [1.29, 1.82) is 0 Å². The maximum Gasteiger partial charge on any atom is 0.160 e. The van der Waals surface area contributed by atoms with E-state index in [1.165, 1.54) is 49.0 Å². The summed E-state index contributed by atoms with van der Waals surface area (Å²) in [5, 5.41) is 3.78. The van der Waals surface area contributed by atoms with Crippen molar-refractivity contribution in [2.45, 2.75) is 59.0 Å². The van der Waals surface area contributed by atoms with Crippen molar-refractivity contribution >= 4 is 16.9 Å². The molecule has 1 aliphatic carbocycles. The van der Waals surface area contributed by atoms with E-state index in [9.17, 15) is 0 Å². The lowest BCUT2D eigenvalue weighted by molar-refractivity contribution is 0.0276. The molecule has 3 aromatic rings. The molecule has 1 saturated carbocycles. The maximum absolute atomic E-state index is 5.48. The van der Waals surface area contributed by atoms with Crippen molar-refractivity contribution in [1.82, 2.24) is 19.4 Å². The van der Waals surface area contributed by atoms with E-state index in [0.717, 1.165) is 61.4 Å². The molecule has 1 aromatic carbocycles. The summed E-state index contributed by atoms with van der Waals surface area (Å²) < 4.78 is 7.71. The molecule has 6 heteroatoms. The van der Waals surface area contributed by atoms with Crippen molar-refractivity contribution in [3.05, 3.63) is 53.0 Å². The fraction of sp³-hybridized carbons (Fsp3) is 0.556. The van der Waals surface area contributed by atoms with Crippen LogP contribution < -0.4 is 5.32 Å². The van der Waals surface area contributed by atoms with Crippen molar-refractivity contribution in [3.8, 4) is 0 Å². The molecule has 0 unspecified atom stereocenters. The summed E-state index contributed by atoms with van der Waals surface area (Å²) in [7, 11) is 0. The summed E-state index contributed by atoms with van der Waals surface area (Å²) in [6.07, 6.45) is 5.18. The average Bonchev–Trinajstić information content (AvgIpc) is 3.12. The molecular weight excluding hydrogens is 410 g/mol. The van der Waals surface area contributed by atoms with E-state index in [4.69, 9.17) is 14.7 Å². The highest BCUT2D eigenvalue weighted by Gasteiger charge is 2.23. The number of fused-ring (bicyclic) bond motifs is 1. The quantitative estimate of drug-likeness (QED) is 0.593. The van der Waals surface area contributed by atoms with Crippen LogP contribution >= 0.6 is 0 Å². The lowest BCUT2D eigenvalue weighted by Crippen LogP contribution is -2.40. The van der Waals surface area contributed by atoms with E-state index in [1.54, 1.807) is 0 Å². The third kappa shape index (κ3) is 5.22. The Bertz CT molecular complexity index is 1080. The highest BCUT2D eigenvalue weighted by atomic mass is 16.5. The number of anilines is 1. The van der Waals surface area contributed by atoms with Gasteiger partial charge in [0.25, 0.3) is 0 Å². The Labute approximate surface area is 197 Å². The Morgan fingerprint density at radius 1 is 0.970 bits per heavy atom. The fourth-order valence-electron chi connectivity index (χ4n) is 5.46. The number of nitrogens with one attached hydrogen (secondary N) is 1. The van der Waals surface area contributed by atoms with E-state index in [-0.39, 0.29) is 0 Å². The van der Waals surface area contributed by atoms with Gasteiger partial charge in [0.2, 0.25) is 0 Å². The molecule has 0 radical (unpaired) electrons. The molecule has 33 heavy (non-hydrogen) atoms. The molecular formula is C27H37N5O. The zero-order valence-electron chi connectivity index (χ0n) is 20.3. The van der Waals surface area contributed by atoms with Crippen molar-refractivity contribution in [2.75, 3.05) is 38.2 Å². The molecule has 2 fully saturated rings. The van der Waals surface area contributed by atoms with Crippen LogP contribution in [0.15, 0.2) is 30.3 Å². The van der Waals surface area contributed by atoms with Gasteiger partial charge >= 0.3 is 0 Å². The molecule has 1 aliphatic heterocycles. The molecule has 176 valence electrons. The third-order valence-electron chi connectivity index (χ3n) is 7.35. The van der Waals surface area contributed by atoms with E-state index < -0.39 is 0 Å². The van der Waals surface area contributed by atoms with Gasteiger partial charge in [0.1, 0.15) is 11.3 Å². The highest BCUT2D eigenvalue weighted by Crippen LogP contribution is 2.28. The maximum atomic E-state index is 5.48. The largest absolute Gasteiger partial charge is 0.382 e. The minimum absolute atomic E-state index is 0.590. The Morgan fingerprint density at radius 3 is 2.42 bits per heavy atom. The molecule has 5 rings (SSSR count). The number of morpholine rings is 1. The van der Waals surface area contributed by atoms with Gasteiger partial charge in [0, 0.05) is 37.1 Å². The molecule has 1 N–H and O–H groups in total. The van der Waals surface area contributed by atoms with E-state index in [2.05, 4.69) is 65.9 Å². The number of imidazole rings is 1. The number of aryl methyl sites for hydroxylation is 3. The van der Waals surface area contributed by atoms with Crippen molar-refractivity contribution < 1.29 is 4.74 Å². The molecule has 0 amide bonds. The molecule has 6 nitrogen and oxygen atoms in total. The van der Waals surface area contributed by atoms with E-state index in [0.29, 0.717) is 6.04 Å². The number of hydrogen-bond acceptors (Lipinski definition) is 5. The molecule has 0 atom stereocenters. The third-order valence-corrected chi connectivity index (χ3v) is 7.35. The van der Waals surface area contributed by atoms with Crippen LogP contribution in [0.1, 0.15) is 48.3 Å². The predicted octanol–water partition coefficient (Wildman–Crippen LogP) is 4.71. The van der Waals surface area contributed by atoms with E-state index >= 15 is 0 Å². The van der Waals surface area contributed by atoms with Gasteiger partial charge in [-0.05, 0) is 81.7 Å². The van der Waals surface area contributed by atoms with Gasteiger partial charge in [0.05, 0.1) is 19.8 Å². The Morgan fingerprint density at radius 2 is 1.70 bits per heavy atom. The predicted molar refractivity (Wildman–Crippen MR) is 134 cm³/mol. The second-order valence-electron chi connectivity index (χ2n) is 9.97. The van der Waals surface area contributed by atoms with Crippen LogP contribution in [0.4, 0.5) is 5.69 Å². The molecule has 0 spiro atoms. The summed E-state index contributed by atoms with van der Waals surface area (Å²) in [5.74, 6) is 1.86. The Kier molecular flexibility index (Phi) is 6.65. The van der Waals surface area contributed by atoms with Crippen LogP contribution in [-0.4, -0.2) is 58.3 Å². The number of ether oxygens (including phenoxy) is 1. The zero-order valence-corrected chi connectivity index (χ0v) is 20.3. The van der Waals surface area contributed by atoms with Gasteiger partial charge in [-0.2, -0.15) is 0 Å². The summed E-state index contributed by atoms with van der Waals surface area (Å²) in [6, 6.07) is 11.6. The Hall–Kier alpha value is -2.44. The topological polar surface area (TPSA) is 55.2 Å². The van der Waals surface area contributed by atoms with Gasteiger partial charge < -0.3 is 14.6 Å². The second kappa shape index (κ2) is 9.82. The molecule has 2 aliphatic rings. The standard InChI is InChI=1S/C27H37N5O/c1-19-16-20(2)28-27-26(19)29-21(3)32(27)18-23-6-10-25(11-7-23)30-24-8-4-22(5-9-24)17-31-12-14-33-15-13-31/h6-7,10-11,16,22,24,30H,4-5,8-9,12-15,17-18H2,1-3H3/t22-,24+. The number of hydrogen-bond donors (Lipinski definition) is 1. The van der Waals surface area contributed by atoms with Crippen LogP contribution in [0.3, 0.4) is 0 Å². The van der Waals surface area contributed by atoms with Gasteiger partial charge in [-0.3, -0.25) is 4.90 Å². The first-order valence-electron chi connectivity index (χ1n) is 12.5. The van der Waals surface area contributed by atoms with Crippen LogP contribution in [0.2, 0.25) is 0 Å². The molecule has 0 bridgehead atoms. The van der Waals surface area contributed by atoms with E-state index in [1.807, 2.05) is 0 Å². The SMILES string of the molecule is Cc1cc(C)c2nc(C)n(Cc3ccc(N[C@H]4CC[C@@H](CN5CCOCC5)CC4)cc3)c2n1. The summed E-state index contributed by atoms with van der Waals surface area (Å²) in [6.45, 7) is 12.3. The lowest BCUT2D eigenvalue weighted by Gasteiger charge is -2.34. The lowest BCUT2D eigenvalue weighted by atomic mass is 9.85. The number of benzene rings is 1. The minimum atomic E-state index is 0.590. The minimum Gasteiger partial charge on any atom is -0.382 e. The van der Waals surface area contributed by atoms with Gasteiger partial charge in [-0.1, -0.05) is 12.1 Å². The van der Waals surface area contributed by atoms with Crippen molar-refractivity contribution in [3.63, 3.8) is 0 Å². The van der Waals surface area contributed by atoms with Gasteiger partial charge in [-0.15, -0.1) is 0 Å². The number of nitrogens with zero attached hydrogens (tertiary/aromatic N) is 4. The number of rotatable bonds is 6. The first kappa shape index (κ1) is 22.4. The zero-order chi connectivity index (χ0) is 22.8. The number of pyridine rings is 1. The van der Waals surface area contributed by atoms with Crippen LogP contribution in [0.25, 0.3) is 11.2 Å². The van der Waals surface area contributed by atoms with Gasteiger partial charge in [0.15, 0.2) is 5.65 Å². The van der Waals surface area contributed by atoms with Crippen LogP contribution in [0.5, 0.6) is 0 Å². The average molecular weight is 448 g/mol. The van der Waals surface area contributed by atoms with Crippen LogP contribution in [-0.2, 0) is 11.3 Å². The van der Waals surface area contributed by atoms with Crippen LogP contribution in [0, 0.1) is 26.7 Å². The molecule has 3 heterocycles. The highest BCUT2D eigenvalue weighted by molar-refractivity contribution is 5.76. The Balaban J connectivity index is 1.16. The normalized spacial score (nSPS) is 22.0. The fourth-order valence-corrected chi connectivity index (χ4v) is 5.46. The number of aromatic nitrogens is 3. The molecule has 2 aromatic heterocycles. The first-order valence-corrected chi connectivity index (χ1v) is 12.5. The smallest absolute Gasteiger partial charge is 0.160 e. The first-order chi connectivity index (χ1) is 16.0. The summed E-state index contributed by atoms with van der Waals surface area (Å²) in [5.41, 5.74) is 6.74.